The maximum Gasteiger partial charge on any atom is 0.363 e. The SMILES string of the molecule is O=C(ON1C(=O)CC(S(=O)(=O)O)C1=O)c1cccc(N2C(=O)CCC2=O)c1. The Morgan fingerprint density at radius 2 is 1.70 bits per heavy atom. The summed E-state index contributed by atoms with van der Waals surface area (Å²) in [5.74, 6) is -4.57. The second-order valence-electron chi connectivity index (χ2n) is 5.79. The molecular formula is C15H12N2O9S. The average molecular weight is 396 g/mol. The molecule has 1 aromatic rings. The number of carbonyl (C=O) groups is 5. The molecule has 0 radical (unpaired) electrons. The molecule has 1 N–H and O–H groups in total. The summed E-state index contributed by atoms with van der Waals surface area (Å²) in [6, 6.07) is 5.19. The molecule has 2 aliphatic rings. The van der Waals surface area contributed by atoms with Gasteiger partial charge in [0.05, 0.1) is 17.7 Å². The normalized spacial score (nSPS) is 20.6. The molecule has 1 aromatic carbocycles. The highest BCUT2D eigenvalue weighted by Gasteiger charge is 2.48. The van der Waals surface area contributed by atoms with Crippen molar-refractivity contribution in [3.63, 3.8) is 0 Å². The van der Waals surface area contributed by atoms with E-state index in [-0.39, 0.29) is 29.2 Å². The molecule has 4 amide bonds. The van der Waals surface area contributed by atoms with Gasteiger partial charge in [-0.05, 0) is 18.2 Å². The number of hydrogen-bond donors (Lipinski definition) is 1. The Morgan fingerprint density at radius 1 is 1.07 bits per heavy atom. The van der Waals surface area contributed by atoms with Crippen LogP contribution in [0.4, 0.5) is 5.69 Å². The van der Waals surface area contributed by atoms with Gasteiger partial charge in [-0.1, -0.05) is 6.07 Å². The average Bonchev–Trinajstić information content (AvgIpc) is 3.08. The van der Waals surface area contributed by atoms with Gasteiger partial charge in [-0.2, -0.15) is 8.42 Å². The molecule has 142 valence electrons. The van der Waals surface area contributed by atoms with Gasteiger partial charge in [0.1, 0.15) is 0 Å². The highest BCUT2D eigenvalue weighted by atomic mass is 32.2. The van der Waals surface area contributed by atoms with Crippen molar-refractivity contribution >= 4 is 45.4 Å². The van der Waals surface area contributed by atoms with E-state index >= 15 is 0 Å². The predicted molar refractivity (Wildman–Crippen MR) is 85.4 cm³/mol. The number of amides is 4. The fourth-order valence-electron chi connectivity index (χ4n) is 2.68. The van der Waals surface area contributed by atoms with Crippen LogP contribution in [0.3, 0.4) is 0 Å². The first-order valence-corrected chi connectivity index (χ1v) is 9.11. The zero-order valence-corrected chi connectivity index (χ0v) is 14.3. The molecule has 2 saturated heterocycles. The molecule has 1 atom stereocenters. The van der Waals surface area contributed by atoms with Crippen LogP contribution in [0.25, 0.3) is 0 Å². The van der Waals surface area contributed by atoms with E-state index in [0.29, 0.717) is 0 Å². The van der Waals surface area contributed by atoms with Crippen molar-refractivity contribution in [2.45, 2.75) is 24.5 Å². The van der Waals surface area contributed by atoms with Crippen molar-refractivity contribution in [3.8, 4) is 0 Å². The minimum absolute atomic E-state index is 0.0282. The van der Waals surface area contributed by atoms with Crippen molar-refractivity contribution in [1.82, 2.24) is 5.06 Å². The van der Waals surface area contributed by atoms with E-state index in [1.807, 2.05) is 0 Å². The first kappa shape index (κ1) is 18.7. The van der Waals surface area contributed by atoms with Crippen molar-refractivity contribution in [2.24, 2.45) is 0 Å². The second-order valence-corrected chi connectivity index (χ2v) is 7.39. The molecule has 0 aliphatic carbocycles. The van der Waals surface area contributed by atoms with E-state index in [2.05, 4.69) is 4.84 Å². The fraction of sp³-hybridized carbons (Fsp3) is 0.267. The van der Waals surface area contributed by atoms with Gasteiger partial charge in [-0.25, -0.2) is 4.79 Å². The lowest BCUT2D eigenvalue weighted by Crippen LogP contribution is -2.36. The Morgan fingerprint density at radius 3 is 2.26 bits per heavy atom. The lowest BCUT2D eigenvalue weighted by atomic mass is 10.2. The number of nitrogens with zero attached hydrogens (tertiary/aromatic N) is 2. The van der Waals surface area contributed by atoms with Crippen LogP contribution in [0, 0.1) is 0 Å². The predicted octanol–water partition coefficient (Wildman–Crippen LogP) is -0.573. The molecule has 2 heterocycles. The van der Waals surface area contributed by atoms with Crippen LogP contribution >= 0.6 is 0 Å². The lowest BCUT2D eigenvalue weighted by molar-refractivity contribution is -0.172. The number of carbonyl (C=O) groups excluding carboxylic acids is 5. The summed E-state index contributed by atoms with van der Waals surface area (Å²) in [5.41, 5.74) is -0.0669. The van der Waals surface area contributed by atoms with Crippen LogP contribution in [0.5, 0.6) is 0 Å². The van der Waals surface area contributed by atoms with Crippen LogP contribution in [-0.2, 0) is 34.1 Å². The van der Waals surface area contributed by atoms with Crippen LogP contribution in [0.1, 0.15) is 29.6 Å². The van der Waals surface area contributed by atoms with Gasteiger partial charge in [0.25, 0.3) is 21.9 Å². The molecule has 0 bridgehead atoms. The zero-order valence-electron chi connectivity index (χ0n) is 13.5. The van der Waals surface area contributed by atoms with Crippen molar-refractivity contribution in [1.29, 1.82) is 0 Å². The topological polar surface area (TPSA) is 155 Å². The molecule has 3 rings (SSSR count). The van der Waals surface area contributed by atoms with Gasteiger partial charge in [-0.15, -0.1) is 5.06 Å². The van der Waals surface area contributed by atoms with Crippen molar-refractivity contribution in [3.05, 3.63) is 29.8 Å². The highest BCUT2D eigenvalue weighted by molar-refractivity contribution is 7.87. The second kappa shape index (κ2) is 6.55. The van der Waals surface area contributed by atoms with Gasteiger partial charge in [0, 0.05) is 12.8 Å². The molecule has 11 nitrogen and oxygen atoms in total. The Hall–Kier alpha value is -3.12. The molecule has 0 spiro atoms. The molecule has 0 aromatic heterocycles. The fourth-order valence-corrected chi connectivity index (χ4v) is 3.39. The summed E-state index contributed by atoms with van der Waals surface area (Å²) in [7, 11) is -4.83. The first-order chi connectivity index (χ1) is 12.6. The van der Waals surface area contributed by atoms with Crippen LogP contribution in [0.2, 0.25) is 0 Å². The monoisotopic (exact) mass is 396 g/mol. The Labute approximate surface area is 152 Å². The number of imide groups is 2. The molecule has 27 heavy (non-hydrogen) atoms. The third-order valence-electron chi connectivity index (χ3n) is 3.99. The number of anilines is 1. The summed E-state index contributed by atoms with van der Waals surface area (Å²) >= 11 is 0. The number of hydrogen-bond acceptors (Lipinski definition) is 8. The van der Waals surface area contributed by atoms with Gasteiger partial charge >= 0.3 is 5.97 Å². The Kier molecular flexibility index (Phi) is 4.53. The molecule has 2 aliphatic heterocycles. The lowest BCUT2D eigenvalue weighted by Gasteiger charge is -2.16. The summed E-state index contributed by atoms with van der Waals surface area (Å²) < 4.78 is 31.1. The van der Waals surface area contributed by atoms with E-state index in [9.17, 15) is 32.4 Å². The zero-order chi connectivity index (χ0) is 19.9. The van der Waals surface area contributed by atoms with Crippen molar-refractivity contribution < 1.29 is 41.8 Å². The Bertz CT molecular complexity index is 969. The smallest absolute Gasteiger partial charge is 0.325 e. The molecule has 0 saturated carbocycles. The standard InChI is InChI=1S/C15H12N2O9S/c18-11-4-5-12(19)16(11)9-3-1-2-8(6-9)15(22)26-17-13(20)7-10(14(17)21)27(23,24)25/h1-3,6,10H,4-5,7H2,(H,23,24,25). The van der Waals surface area contributed by atoms with Gasteiger partial charge < -0.3 is 4.84 Å². The third kappa shape index (κ3) is 3.44. The molecule has 2 fully saturated rings. The number of hydroxylamine groups is 2. The minimum Gasteiger partial charge on any atom is -0.325 e. The van der Waals surface area contributed by atoms with Gasteiger partial charge in [-0.3, -0.25) is 28.6 Å². The molecule has 12 heteroatoms. The summed E-state index contributed by atoms with van der Waals surface area (Å²) in [5, 5.41) is -2.07. The van der Waals surface area contributed by atoms with E-state index in [4.69, 9.17) is 4.55 Å². The number of rotatable bonds is 4. The maximum absolute atomic E-state index is 12.2. The largest absolute Gasteiger partial charge is 0.363 e. The van der Waals surface area contributed by atoms with Gasteiger partial charge in [0.2, 0.25) is 11.8 Å². The summed E-state index contributed by atoms with van der Waals surface area (Å²) in [4.78, 5) is 64.9. The van der Waals surface area contributed by atoms with E-state index < -0.39 is 51.4 Å². The highest BCUT2D eigenvalue weighted by Crippen LogP contribution is 2.25. The molecular weight excluding hydrogens is 384 g/mol. The quantitative estimate of drug-likeness (QED) is 0.520. The van der Waals surface area contributed by atoms with Crippen LogP contribution in [-0.4, -0.2) is 52.9 Å². The van der Waals surface area contributed by atoms with Gasteiger partial charge in [0.15, 0.2) is 5.25 Å². The first-order valence-electron chi connectivity index (χ1n) is 7.61. The van der Waals surface area contributed by atoms with Crippen molar-refractivity contribution in [2.75, 3.05) is 4.90 Å². The Balaban J connectivity index is 1.80. The molecule has 1 unspecified atom stereocenters. The van der Waals surface area contributed by atoms with E-state index in [1.165, 1.54) is 18.2 Å². The maximum atomic E-state index is 12.2. The number of benzene rings is 1. The van der Waals surface area contributed by atoms with E-state index in [0.717, 1.165) is 11.0 Å². The van der Waals surface area contributed by atoms with Crippen LogP contribution < -0.4 is 4.90 Å². The third-order valence-corrected chi connectivity index (χ3v) is 5.07. The summed E-state index contributed by atoms with van der Waals surface area (Å²) in [6.45, 7) is 0. The summed E-state index contributed by atoms with van der Waals surface area (Å²) in [6.07, 6.45) is -0.773. The minimum atomic E-state index is -4.83. The van der Waals surface area contributed by atoms with Crippen LogP contribution in [0.15, 0.2) is 24.3 Å². The van der Waals surface area contributed by atoms with E-state index in [1.54, 1.807) is 0 Å².